The van der Waals surface area contributed by atoms with Gasteiger partial charge < -0.3 is 5.73 Å². The summed E-state index contributed by atoms with van der Waals surface area (Å²) in [7, 11) is 0. The smallest absolute Gasteiger partial charge is 0.161 e. The summed E-state index contributed by atoms with van der Waals surface area (Å²) in [6.07, 6.45) is 2.13. The molecule has 0 aliphatic heterocycles. The third kappa shape index (κ3) is 3.92. The van der Waals surface area contributed by atoms with E-state index in [1.54, 1.807) is 10.7 Å². The van der Waals surface area contributed by atoms with Gasteiger partial charge >= 0.3 is 0 Å². The molecule has 5 nitrogen and oxygen atoms in total. The quantitative estimate of drug-likeness (QED) is 0.650. The van der Waals surface area contributed by atoms with E-state index in [0.29, 0.717) is 11.4 Å². The molecule has 0 atom stereocenters. The average molecular weight is 281 g/mol. The highest BCUT2D eigenvalue weighted by molar-refractivity contribution is 7.98. The molecule has 0 fully saturated rings. The van der Waals surface area contributed by atoms with Gasteiger partial charge in [0.15, 0.2) is 5.82 Å². The Morgan fingerprint density at radius 1 is 1.37 bits per heavy atom. The summed E-state index contributed by atoms with van der Waals surface area (Å²) < 4.78 is 15.0. The molecule has 0 saturated heterocycles. The summed E-state index contributed by atoms with van der Waals surface area (Å²) in [5.74, 6) is 1.06. The number of halogens is 1. The fourth-order valence-electron chi connectivity index (χ4n) is 1.62. The summed E-state index contributed by atoms with van der Waals surface area (Å²) in [5, 5.41) is 11.6. The van der Waals surface area contributed by atoms with E-state index >= 15 is 0 Å². The highest BCUT2D eigenvalue weighted by Gasteiger charge is 2.07. The van der Waals surface area contributed by atoms with Crippen LogP contribution in [0.4, 0.5) is 10.1 Å². The molecule has 1 aromatic carbocycles. The van der Waals surface area contributed by atoms with E-state index in [0.717, 1.165) is 30.1 Å². The van der Waals surface area contributed by atoms with E-state index in [-0.39, 0.29) is 5.82 Å². The molecule has 0 aliphatic rings. The van der Waals surface area contributed by atoms with Crippen molar-refractivity contribution in [3.8, 4) is 0 Å². The molecule has 0 radical (unpaired) electrons. The largest absolute Gasteiger partial charge is 0.399 e. The van der Waals surface area contributed by atoms with Gasteiger partial charge in [-0.2, -0.15) is 0 Å². The van der Waals surface area contributed by atoms with Crippen LogP contribution in [0.3, 0.4) is 0 Å². The summed E-state index contributed by atoms with van der Waals surface area (Å²) in [4.78, 5) is 0.780. The monoisotopic (exact) mass is 281 g/mol. The van der Waals surface area contributed by atoms with Gasteiger partial charge in [-0.1, -0.05) is 13.3 Å². The van der Waals surface area contributed by atoms with E-state index in [1.165, 1.54) is 23.9 Å². The van der Waals surface area contributed by atoms with Crippen molar-refractivity contribution in [1.82, 2.24) is 20.2 Å². The van der Waals surface area contributed by atoms with Crippen molar-refractivity contribution in [2.75, 3.05) is 5.73 Å². The van der Waals surface area contributed by atoms with Gasteiger partial charge in [-0.25, -0.2) is 9.07 Å². The molecular weight excluding hydrogens is 265 g/mol. The maximum atomic E-state index is 13.2. The van der Waals surface area contributed by atoms with Gasteiger partial charge in [0.25, 0.3) is 0 Å². The number of unbranched alkanes of at least 4 members (excludes halogenated alkanes) is 1. The van der Waals surface area contributed by atoms with Crippen LogP contribution in [-0.4, -0.2) is 20.2 Å². The lowest BCUT2D eigenvalue weighted by molar-refractivity contribution is 0.540. The first-order valence-electron chi connectivity index (χ1n) is 6.13. The number of aryl methyl sites for hydroxylation is 1. The number of nitrogen functional groups attached to an aromatic ring is 1. The fourth-order valence-corrected chi connectivity index (χ4v) is 2.54. The second-order valence-corrected chi connectivity index (χ2v) is 5.23. The molecule has 19 heavy (non-hydrogen) atoms. The van der Waals surface area contributed by atoms with Crippen molar-refractivity contribution in [3.63, 3.8) is 0 Å². The maximum Gasteiger partial charge on any atom is 0.161 e. The number of thioether (sulfide) groups is 1. The topological polar surface area (TPSA) is 69.6 Å². The molecule has 0 amide bonds. The minimum Gasteiger partial charge on any atom is -0.399 e. The van der Waals surface area contributed by atoms with Crippen molar-refractivity contribution in [3.05, 3.63) is 29.8 Å². The predicted molar refractivity (Wildman–Crippen MR) is 73.1 cm³/mol. The minimum atomic E-state index is -0.326. The Morgan fingerprint density at radius 3 is 2.95 bits per heavy atom. The number of benzene rings is 1. The van der Waals surface area contributed by atoms with Crippen molar-refractivity contribution < 1.29 is 4.39 Å². The Hall–Kier alpha value is -1.63. The van der Waals surface area contributed by atoms with Gasteiger partial charge in [-0.3, -0.25) is 0 Å². The molecule has 0 aliphatic carbocycles. The average Bonchev–Trinajstić information content (AvgIpc) is 2.80. The second kappa shape index (κ2) is 6.51. The van der Waals surface area contributed by atoms with E-state index in [4.69, 9.17) is 5.73 Å². The molecular formula is C12H16FN5S. The molecule has 102 valence electrons. The molecule has 0 spiro atoms. The summed E-state index contributed by atoms with van der Waals surface area (Å²) in [6.45, 7) is 2.93. The van der Waals surface area contributed by atoms with E-state index in [2.05, 4.69) is 22.4 Å². The van der Waals surface area contributed by atoms with Crippen LogP contribution < -0.4 is 5.73 Å². The van der Waals surface area contributed by atoms with Gasteiger partial charge in [-0.05, 0) is 35.0 Å². The fraction of sp³-hybridized carbons (Fsp3) is 0.417. The van der Waals surface area contributed by atoms with Crippen molar-refractivity contribution in [1.29, 1.82) is 0 Å². The van der Waals surface area contributed by atoms with Gasteiger partial charge in [-0.15, -0.1) is 16.9 Å². The number of hydrogen-bond donors (Lipinski definition) is 1. The van der Waals surface area contributed by atoms with Crippen molar-refractivity contribution >= 4 is 17.4 Å². The van der Waals surface area contributed by atoms with Crippen LogP contribution in [0.5, 0.6) is 0 Å². The normalized spacial score (nSPS) is 10.8. The Labute approximate surface area is 115 Å². The van der Waals surface area contributed by atoms with Crippen LogP contribution in [0.15, 0.2) is 23.1 Å². The SMILES string of the molecule is CCCCn1nnnc1CSc1cc(N)cc(F)c1. The van der Waals surface area contributed by atoms with E-state index in [9.17, 15) is 4.39 Å². The Balaban J connectivity index is 2.00. The number of nitrogens with zero attached hydrogens (tertiary/aromatic N) is 4. The van der Waals surface area contributed by atoms with Gasteiger partial charge in [0.2, 0.25) is 0 Å². The lowest BCUT2D eigenvalue weighted by atomic mass is 10.3. The third-order valence-electron chi connectivity index (χ3n) is 2.59. The first-order chi connectivity index (χ1) is 9.19. The maximum absolute atomic E-state index is 13.2. The zero-order valence-corrected chi connectivity index (χ0v) is 11.5. The van der Waals surface area contributed by atoms with Crippen molar-refractivity contribution in [2.45, 2.75) is 37.0 Å². The molecule has 1 heterocycles. The second-order valence-electron chi connectivity index (χ2n) is 4.18. The Kier molecular flexibility index (Phi) is 4.73. The first-order valence-corrected chi connectivity index (χ1v) is 7.11. The number of anilines is 1. The molecule has 0 saturated carbocycles. The van der Waals surface area contributed by atoms with Crippen LogP contribution in [-0.2, 0) is 12.3 Å². The van der Waals surface area contributed by atoms with Crippen molar-refractivity contribution in [2.24, 2.45) is 0 Å². The van der Waals surface area contributed by atoms with E-state index < -0.39 is 0 Å². The van der Waals surface area contributed by atoms with Gasteiger partial charge in [0, 0.05) is 17.1 Å². The molecule has 2 aromatic rings. The number of hydrogen-bond acceptors (Lipinski definition) is 5. The number of rotatable bonds is 6. The Morgan fingerprint density at radius 2 is 2.21 bits per heavy atom. The number of nitrogens with two attached hydrogens (primary N) is 1. The number of tetrazole rings is 1. The summed E-state index contributed by atoms with van der Waals surface area (Å²) in [5.41, 5.74) is 6.03. The standard InChI is InChI=1S/C12H16FN5S/c1-2-3-4-18-12(15-16-17-18)8-19-11-6-9(13)5-10(14)7-11/h5-7H,2-4,8,14H2,1H3. The van der Waals surface area contributed by atoms with Crippen LogP contribution >= 0.6 is 11.8 Å². The van der Waals surface area contributed by atoms with Gasteiger partial charge in [0.05, 0.1) is 5.75 Å². The first kappa shape index (κ1) is 13.8. The van der Waals surface area contributed by atoms with Gasteiger partial charge in [0.1, 0.15) is 5.82 Å². The summed E-state index contributed by atoms with van der Waals surface area (Å²) >= 11 is 1.47. The minimum absolute atomic E-state index is 0.326. The zero-order chi connectivity index (χ0) is 13.7. The van der Waals surface area contributed by atoms with Crippen LogP contribution in [0.2, 0.25) is 0 Å². The molecule has 7 heteroatoms. The third-order valence-corrected chi connectivity index (χ3v) is 3.56. The predicted octanol–water partition coefficient (Wildman–Crippen LogP) is 2.49. The van der Waals surface area contributed by atoms with E-state index in [1.807, 2.05) is 0 Å². The molecule has 1 aromatic heterocycles. The van der Waals surface area contributed by atoms with Crippen LogP contribution in [0, 0.1) is 5.82 Å². The van der Waals surface area contributed by atoms with Crippen LogP contribution in [0.25, 0.3) is 0 Å². The Bertz CT molecular complexity index is 522. The lowest BCUT2D eigenvalue weighted by Crippen LogP contribution is -2.05. The molecule has 2 rings (SSSR count). The number of aromatic nitrogens is 4. The highest BCUT2D eigenvalue weighted by Crippen LogP contribution is 2.24. The molecule has 2 N–H and O–H groups in total. The van der Waals surface area contributed by atoms with Crippen LogP contribution in [0.1, 0.15) is 25.6 Å². The highest BCUT2D eigenvalue weighted by atomic mass is 32.2. The molecule has 0 bridgehead atoms. The molecule has 0 unspecified atom stereocenters. The lowest BCUT2D eigenvalue weighted by Gasteiger charge is -2.04. The summed E-state index contributed by atoms with van der Waals surface area (Å²) in [6, 6.07) is 4.50. The zero-order valence-electron chi connectivity index (χ0n) is 10.7.